The van der Waals surface area contributed by atoms with E-state index in [1.54, 1.807) is 4.90 Å². The Hall–Kier alpha value is 0.963. The number of allylic oxidation sites excluding steroid dienone is 2. The number of hydrogen-bond donors (Lipinski definition) is 3. The predicted octanol–water partition coefficient (Wildman–Crippen LogP) is -0.422. The number of carbonyl (C=O) groups excluding carboxylic acids is 2. The number of nitrogens with one attached hydrogen (secondary N) is 1. The molecule has 1 fully saturated rings. The van der Waals surface area contributed by atoms with Gasteiger partial charge in [0.05, 0.1) is 30.2 Å². The number of H-pyrrole nitrogens is 1. The van der Waals surface area contributed by atoms with Gasteiger partial charge in [-0.3, -0.25) is 9.59 Å². The molecule has 0 unspecified atom stereocenters. The van der Waals surface area contributed by atoms with Crippen LogP contribution in [-0.2, 0) is 13.2 Å². The molecule has 0 bridgehead atoms. The smallest absolute Gasteiger partial charge is 0.211 e. The molecule has 1 aromatic rings. The first-order valence-electron chi connectivity index (χ1n) is 5.68. The van der Waals surface area contributed by atoms with Gasteiger partial charge in [-0.25, -0.2) is 0 Å². The van der Waals surface area contributed by atoms with Gasteiger partial charge in [0.2, 0.25) is 11.6 Å². The third-order valence-electron chi connectivity index (χ3n) is 3.27. The molecule has 0 spiro atoms. The van der Waals surface area contributed by atoms with Crippen LogP contribution >= 0.6 is 0 Å². The van der Waals surface area contributed by atoms with E-state index < -0.39 is 0 Å². The first kappa shape index (κ1) is 19.0. The number of aliphatic hydroxyl groups excluding tert-OH is 2. The first-order chi connectivity index (χ1) is 8.67. The van der Waals surface area contributed by atoms with Crippen LogP contribution in [0.1, 0.15) is 32.1 Å². The van der Waals surface area contributed by atoms with E-state index in [0.717, 1.165) is 13.1 Å². The van der Waals surface area contributed by atoms with Crippen LogP contribution in [0.3, 0.4) is 0 Å². The fourth-order valence-corrected chi connectivity index (χ4v) is 2.25. The molecule has 3 rings (SSSR count). The molecule has 1 aliphatic heterocycles. The van der Waals surface area contributed by atoms with Crippen LogP contribution in [0, 0.1) is 88.1 Å². The molecule has 0 atom stereocenters. The topological polar surface area (TPSA) is 93.4 Å². The van der Waals surface area contributed by atoms with Gasteiger partial charge in [-0.2, -0.15) is 0 Å². The summed E-state index contributed by atoms with van der Waals surface area (Å²) in [6.45, 7) is 0.814. The van der Waals surface area contributed by atoms with Crippen molar-refractivity contribution in [2.75, 3.05) is 13.1 Å². The number of nitrogens with zero attached hydrogens (tertiary/aromatic N) is 1. The summed E-state index contributed by atoms with van der Waals surface area (Å²) in [5.41, 5.74) is 1.39. The standard InChI is InChI=1S/C12H12N2O4.2Ac/c15-4-6-7(5-16)13-11-9(17)3-8(14-1-2-14)12(18)10(6)11;;/h3,13,15-16H,1-2,4-5H2;;. The quantitative estimate of drug-likeness (QED) is 0.373. The third-order valence-corrected chi connectivity index (χ3v) is 3.27. The molecule has 6 nitrogen and oxygen atoms in total. The molecule has 3 N–H and O–H groups in total. The number of aromatic amines is 1. The van der Waals surface area contributed by atoms with Crippen molar-refractivity contribution in [3.05, 3.63) is 34.3 Å². The zero-order chi connectivity index (χ0) is 12.9. The van der Waals surface area contributed by atoms with Crippen molar-refractivity contribution in [3.63, 3.8) is 0 Å². The molecular formula is C12H12Ac2N2O4. The summed E-state index contributed by atoms with van der Waals surface area (Å²) < 4.78 is 0. The van der Waals surface area contributed by atoms with E-state index in [2.05, 4.69) is 4.98 Å². The molecule has 0 saturated carbocycles. The van der Waals surface area contributed by atoms with Gasteiger partial charge in [-0.15, -0.1) is 0 Å². The number of aliphatic hydroxyl groups is 2. The minimum atomic E-state index is -0.381. The minimum Gasteiger partial charge on any atom is -0.392 e. The average Bonchev–Trinajstić information content (AvgIpc) is 3.12. The molecule has 1 aromatic heterocycles. The number of hydrogen-bond acceptors (Lipinski definition) is 5. The van der Waals surface area contributed by atoms with Gasteiger partial charge in [0.15, 0.2) is 0 Å². The Balaban J connectivity index is 0.000001000. The fourth-order valence-electron chi connectivity index (χ4n) is 2.25. The van der Waals surface area contributed by atoms with Crippen LogP contribution in [0.15, 0.2) is 11.8 Å². The maximum Gasteiger partial charge on any atom is 0.211 e. The maximum atomic E-state index is 12.3. The zero-order valence-electron chi connectivity index (χ0n) is 10.7. The molecule has 2 heterocycles. The summed E-state index contributed by atoms with van der Waals surface area (Å²) in [6.07, 6.45) is 1.32. The Morgan fingerprint density at radius 1 is 1.15 bits per heavy atom. The predicted molar refractivity (Wildman–Crippen MR) is 61.0 cm³/mol. The van der Waals surface area contributed by atoms with Gasteiger partial charge in [-0.1, -0.05) is 0 Å². The molecule has 1 aliphatic carbocycles. The number of rotatable bonds is 3. The van der Waals surface area contributed by atoms with Crippen LogP contribution < -0.4 is 0 Å². The summed E-state index contributed by atoms with van der Waals surface area (Å²) in [6, 6.07) is 0. The average molecular weight is 702 g/mol. The number of ketones is 2. The van der Waals surface area contributed by atoms with Gasteiger partial charge in [-0.05, 0) is 0 Å². The van der Waals surface area contributed by atoms with Gasteiger partial charge >= 0.3 is 0 Å². The number of aromatic nitrogens is 1. The molecule has 0 aromatic carbocycles. The van der Waals surface area contributed by atoms with Crippen LogP contribution in [-0.4, -0.2) is 44.8 Å². The van der Waals surface area contributed by atoms with Crippen LogP contribution in [0.25, 0.3) is 0 Å². The monoisotopic (exact) mass is 702 g/mol. The van der Waals surface area contributed by atoms with Crippen molar-refractivity contribution in [2.24, 2.45) is 0 Å². The molecule has 1 saturated heterocycles. The largest absolute Gasteiger partial charge is 0.392 e. The summed E-state index contributed by atoms with van der Waals surface area (Å²) >= 11 is 0. The van der Waals surface area contributed by atoms with Crippen LogP contribution in [0.5, 0.6) is 0 Å². The van der Waals surface area contributed by atoms with Crippen molar-refractivity contribution in [3.8, 4) is 0 Å². The Labute approximate surface area is 187 Å². The Morgan fingerprint density at radius 3 is 2.30 bits per heavy atom. The second-order valence-electron chi connectivity index (χ2n) is 4.36. The number of Topliss-reactive ketones (excluding diaryl/α,β-unsaturated/α-hetero) is 1. The van der Waals surface area contributed by atoms with E-state index in [1.165, 1.54) is 6.08 Å². The second-order valence-corrected chi connectivity index (χ2v) is 4.36. The van der Waals surface area contributed by atoms with Crippen molar-refractivity contribution in [2.45, 2.75) is 13.2 Å². The van der Waals surface area contributed by atoms with Crippen LogP contribution in [0.2, 0.25) is 0 Å². The molecule has 2 aliphatic rings. The zero-order valence-corrected chi connectivity index (χ0v) is 20.2. The normalized spacial score (nSPS) is 16.1. The Morgan fingerprint density at radius 2 is 1.80 bits per heavy atom. The Kier molecular flexibility index (Phi) is 7.12. The van der Waals surface area contributed by atoms with E-state index in [4.69, 9.17) is 5.11 Å². The van der Waals surface area contributed by atoms with E-state index in [-0.39, 0.29) is 124 Å². The van der Waals surface area contributed by atoms with Gasteiger partial charge in [0.25, 0.3) is 0 Å². The van der Waals surface area contributed by atoms with Gasteiger partial charge in [0, 0.05) is 119 Å². The molecule has 2 radical (unpaired) electrons. The van der Waals surface area contributed by atoms with Crippen molar-refractivity contribution < 1.29 is 108 Å². The molecule has 0 amide bonds. The molecular weight excluding hydrogens is 690 g/mol. The van der Waals surface area contributed by atoms with Gasteiger partial charge in [0.1, 0.15) is 0 Å². The second kappa shape index (κ2) is 7.49. The number of carbonyl (C=O) groups is 2. The Bertz CT molecular complexity index is 591. The van der Waals surface area contributed by atoms with Crippen molar-refractivity contribution >= 4 is 11.6 Å². The molecule has 20 heavy (non-hydrogen) atoms. The van der Waals surface area contributed by atoms with E-state index in [9.17, 15) is 14.7 Å². The summed E-state index contributed by atoms with van der Waals surface area (Å²) in [4.78, 5) is 28.7. The summed E-state index contributed by atoms with van der Waals surface area (Å²) in [7, 11) is 0. The molecule has 100 valence electrons. The third kappa shape index (κ3) is 3.17. The van der Waals surface area contributed by atoms with E-state index in [1.807, 2.05) is 0 Å². The minimum absolute atomic E-state index is 0. The van der Waals surface area contributed by atoms with Crippen LogP contribution in [0.4, 0.5) is 0 Å². The van der Waals surface area contributed by atoms with Crippen molar-refractivity contribution in [1.29, 1.82) is 0 Å². The van der Waals surface area contributed by atoms with Crippen molar-refractivity contribution in [1.82, 2.24) is 9.88 Å². The first-order valence-corrected chi connectivity index (χ1v) is 5.68. The molecule has 8 heteroatoms. The summed E-state index contributed by atoms with van der Waals surface area (Å²) in [5, 5.41) is 18.5. The van der Waals surface area contributed by atoms with E-state index >= 15 is 0 Å². The summed E-state index contributed by atoms with van der Waals surface area (Å²) in [5.74, 6) is -0.553. The maximum absolute atomic E-state index is 12.3. The van der Waals surface area contributed by atoms with E-state index in [0.29, 0.717) is 17.0 Å². The van der Waals surface area contributed by atoms with Gasteiger partial charge < -0.3 is 20.1 Å². The SMILES string of the molecule is O=C1C=C(N2CC2)C(=O)c2c1[nH]c(CO)c2CO.[Ac].[Ac]. The fraction of sp³-hybridized carbons (Fsp3) is 0.333. The number of fused-ring (bicyclic) bond motifs is 1.